The van der Waals surface area contributed by atoms with Crippen LogP contribution in [0.4, 0.5) is 5.69 Å². The Morgan fingerprint density at radius 3 is 2.83 bits per heavy atom. The van der Waals surface area contributed by atoms with Crippen LogP contribution in [0.5, 0.6) is 5.75 Å². The van der Waals surface area contributed by atoms with Crippen LogP contribution in [0.1, 0.15) is 17.4 Å². The maximum absolute atomic E-state index is 12.4. The van der Waals surface area contributed by atoms with Gasteiger partial charge in [0.05, 0.1) is 24.7 Å². The van der Waals surface area contributed by atoms with Crippen molar-refractivity contribution < 1.29 is 9.53 Å². The van der Waals surface area contributed by atoms with Gasteiger partial charge in [-0.1, -0.05) is 12.1 Å². The van der Waals surface area contributed by atoms with E-state index in [1.807, 2.05) is 31.2 Å². The van der Waals surface area contributed by atoms with E-state index in [0.717, 1.165) is 17.0 Å². The van der Waals surface area contributed by atoms with E-state index in [1.54, 1.807) is 42.4 Å². The predicted molar refractivity (Wildman–Crippen MR) is 92.1 cm³/mol. The number of methoxy groups -OCH3 is 1. The number of carbonyl (C=O) groups is 1. The zero-order valence-corrected chi connectivity index (χ0v) is 13.6. The second-order valence-corrected chi connectivity index (χ2v) is 5.16. The molecule has 0 spiro atoms. The summed E-state index contributed by atoms with van der Waals surface area (Å²) >= 11 is 0. The summed E-state index contributed by atoms with van der Waals surface area (Å²) in [5.74, 6) is 0.497. The van der Waals surface area contributed by atoms with Crippen LogP contribution in [-0.4, -0.2) is 27.8 Å². The molecule has 0 aliphatic heterocycles. The van der Waals surface area contributed by atoms with Gasteiger partial charge in [0.15, 0.2) is 5.69 Å². The molecule has 0 atom stereocenters. The number of nitrogens with zero attached hydrogens (tertiary/aromatic N) is 3. The van der Waals surface area contributed by atoms with Crippen molar-refractivity contribution in [1.82, 2.24) is 14.8 Å². The summed E-state index contributed by atoms with van der Waals surface area (Å²) in [6.45, 7) is 2.65. The predicted octanol–water partition coefficient (Wildman–Crippen LogP) is 3.23. The van der Waals surface area contributed by atoms with E-state index in [2.05, 4.69) is 15.4 Å². The van der Waals surface area contributed by atoms with Crippen molar-refractivity contribution in [1.29, 1.82) is 0 Å². The van der Waals surface area contributed by atoms with Gasteiger partial charge in [-0.05, 0) is 37.3 Å². The molecule has 1 N–H and O–H groups in total. The van der Waals surface area contributed by atoms with Gasteiger partial charge in [0.2, 0.25) is 0 Å². The minimum absolute atomic E-state index is 0.264. The molecule has 3 aromatic rings. The van der Waals surface area contributed by atoms with Crippen LogP contribution in [-0.2, 0) is 6.54 Å². The van der Waals surface area contributed by atoms with Crippen LogP contribution in [0, 0.1) is 0 Å². The lowest BCUT2D eigenvalue weighted by Gasteiger charge is -2.06. The molecular formula is C18H18N4O2. The molecule has 3 rings (SSSR count). The number of carbonyl (C=O) groups excluding carboxylic acids is 1. The van der Waals surface area contributed by atoms with Gasteiger partial charge in [0.25, 0.3) is 5.91 Å². The topological polar surface area (TPSA) is 69.0 Å². The lowest BCUT2D eigenvalue weighted by Crippen LogP contribution is -2.13. The molecule has 1 aromatic carbocycles. The SMILES string of the molecule is CCn1nc(C(=O)Nc2cccnc2)cc1-c1cccc(OC)c1. The first kappa shape index (κ1) is 15.7. The van der Waals surface area contributed by atoms with E-state index < -0.39 is 0 Å². The summed E-state index contributed by atoms with van der Waals surface area (Å²) in [6, 6.07) is 13.0. The van der Waals surface area contributed by atoms with E-state index in [4.69, 9.17) is 4.74 Å². The largest absolute Gasteiger partial charge is 0.497 e. The summed E-state index contributed by atoms with van der Waals surface area (Å²) in [5.41, 5.74) is 2.81. The lowest BCUT2D eigenvalue weighted by molar-refractivity contribution is 0.102. The molecule has 2 aromatic heterocycles. The Morgan fingerprint density at radius 1 is 1.25 bits per heavy atom. The molecule has 0 fully saturated rings. The number of nitrogens with one attached hydrogen (secondary N) is 1. The maximum Gasteiger partial charge on any atom is 0.276 e. The number of aryl methyl sites for hydroxylation is 1. The van der Waals surface area contributed by atoms with Crippen LogP contribution in [0.3, 0.4) is 0 Å². The van der Waals surface area contributed by atoms with Crippen molar-refractivity contribution in [2.45, 2.75) is 13.5 Å². The van der Waals surface area contributed by atoms with Crippen LogP contribution in [0.2, 0.25) is 0 Å². The number of hydrogen-bond donors (Lipinski definition) is 1. The number of aromatic nitrogens is 3. The fourth-order valence-electron chi connectivity index (χ4n) is 2.42. The van der Waals surface area contributed by atoms with Crippen LogP contribution in [0.25, 0.3) is 11.3 Å². The minimum atomic E-state index is -0.264. The molecule has 2 heterocycles. The highest BCUT2D eigenvalue weighted by molar-refractivity contribution is 6.03. The molecule has 24 heavy (non-hydrogen) atoms. The molecule has 0 saturated carbocycles. The Balaban J connectivity index is 1.91. The summed E-state index contributed by atoms with van der Waals surface area (Å²) < 4.78 is 7.07. The van der Waals surface area contributed by atoms with Gasteiger partial charge in [-0.2, -0.15) is 5.10 Å². The standard InChI is InChI=1S/C18H18N4O2/c1-3-22-17(13-6-4-8-15(10-13)24-2)11-16(21-22)18(23)20-14-7-5-9-19-12-14/h4-12H,3H2,1-2H3,(H,20,23). The number of pyridine rings is 1. The van der Waals surface area contributed by atoms with Crippen molar-refractivity contribution in [3.05, 3.63) is 60.6 Å². The quantitative estimate of drug-likeness (QED) is 0.783. The van der Waals surface area contributed by atoms with E-state index in [1.165, 1.54) is 0 Å². The van der Waals surface area contributed by atoms with Gasteiger partial charge in [-0.15, -0.1) is 0 Å². The normalized spacial score (nSPS) is 10.4. The number of hydrogen-bond acceptors (Lipinski definition) is 4. The maximum atomic E-state index is 12.4. The van der Waals surface area contributed by atoms with E-state index in [0.29, 0.717) is 17.9 Å². The van der Waals surface area contributed by atoms with Crippen molar-refractivity contribution in [2.75, 3.05) is 12.4 Å². The first-order valence-corrected chi connectivity index (χ1v) is 7.65. The van der Waals surface area contributed by atoms with Crippen molar-refractivity contribution in [2.24, 2.45) is 0 Å². The van der Waals surface area contributed by atoms with Gasteiger partial charge in [-0.25, -0.2) is 0 Å². The van der Waals surface area contributed by atoms with E-state index in [9.17, 15) is 4.79 Å². The minimum Gasteiger partial charge on any atom is -0.497 e. The monoisotopic (exact) mass is 322 g/mol. The van der Waals surface area contributed by atoms with E-state index in [-0.39, 0.29) is 5.91 Å². The zero-order chi connectivity index (χ0) is 16.9. The highest BCUT2D eigenvalue weighted by Gasteiger charge is 2.15. The molecule has 0 aliphatic carbocycles. The Bertz CT molecular complexity index is 843. The Labute approximate surface area is 140 Å². The van der Waals surface area contributed by atoms with Crippen LogP contribution >= 0.6 is 0 Å². The Kier molecular flexibility index (Phi) is 4.56. The third kappa shape index (κ3) is 3.27. The van der Waals surface area contributed by atoms with Gasteiger partial charge in [0.1, 0.15) is 5.75 Å². The second-order valence-electron chi connectivity index (χ2n) is 5.16. The molecular weight excluding hydrogens is 304 g/mol. The third-order valence-corrected chi connectivity index (χ3v) is 3.60. The van der Waals surface area contributed by atoms with Gasteiger partial charge in [-0.3, -0.25) is 14.5 Å². The lowest BCUT2D eigenvalue weighted by atomic mass is 10.1. The molecule has 0 aliphatic rings. The van der Waals surface area contributed by atoms with Crippen LogP contribution in [0.15, 0.2) is 54.9 Å². The Hall–Kier alpha value is -3.15. The molecule has 0 unspecified atom stereocenters. The highest BCUT2D eigenvalue weighted by Crippen LogP contribution is 2.25. The number of anilines is 1. The fraction of sp³-hybridized carbons (Fsp3) is 0.167. The molecule has 0 bridgehead atoms. The number of rotatable bonds is 5. The molecule has 0 saturated heterocycles. The van der Waals surface area contributed by atoms with Crippen molar-refractivity contribution >= 4 is 11.6 Å². The first-order chi connectivity index (χ1) is 11.7. The number of amides is 1. The smallest absolute Gasteiger partial charge is 0.276 e. The molecule has 6 heteroatoms. The van der Waals surface area contributed by atoms with Crippen molar-refractivity contribution in [3.8, 4) is 17.0 Å². The van der Waals surface area contributed by atoms with Crippen molar-refractivity contribution in [3.63, 3.8) is 0 Å². The zero-order valence-electron chi connectivity index (χ0n) is 13.6. The second kappa shape index (κ2) is 6.95. The van der Waals surface area contributed by atoms with E-state index >= 15 is 0 Å². The number of ether oxygens (including phenoxy) is 1. The summed E-state index contributed by atoms with van der Waals surface area (Å²) in [4.78, 5) is 16.4. The van der Waals surface area contributed by atoms with Crippen LogP contribution < -0.4 is 10.1 Å². The molecule has 1 amide bonds. The first-order valence-electron chi connectivity index (χ1n) is 7.65. The molecule has 0 radical (unpaired) electrons. The summed E-state index contributed by atoms with van der Waals surface area (Å²) in [7, 11) is 1.63. The molecule has 122 valence electrons. The highest BCUT2D eigenvalue weighted by atomic mass is 16.5. The fourth-order valence-corrected chi connectivity index (χ4v) is 2.42. The average Bonchev–Trinajstić information content (AvgIpc) is 3.07. The van der Waals surface area contributed by atoms with Gasteiger partial charge < -0.3 is 10.1 Å². The summed E-state index contributed by atoms with van der Waals surface area (Å²) in [6.07, 6.45) is 3.25. The summed E-state index contributed by atoms with van der Waals surface area (Å²) in [5, 5.41) is 7.19. The molecule has 6 nitrogen and oxygen atoms in total. The van der Waals surface area contributed by atoms with Gasteiger partial charge >= 0.3 is 0 Å². The third-order valence-electron chi connectivity index (χ3n) is 3.60. The number of benzene rings is 1. The van der Waals surface area contributed by atoms with Gasteiger partial charge in [0, 0.05) is 18.3 Å². The Morgan fingerprint density at radius 2 is 2.12 bits per heavy atom. The average molecular weight is 322 g/mol.